The lowest BCUT2D eigenvalue weighted by Gasteiger charge is -2.10. The van der Waals surface area contributed by atoms with E-state index < -0.39 is 0 Å². The van der Waals surface area contributed by atoms with Gasteiger partial charge in [-0.05, 0) is 29.7 Å². The number of aromatic nitrogens is 3. The van der Waals surface area contributed by atoms with Crippen LogP contribution in [-0.2, 0) is 0 Å². The number of fused-ring (bicyclic) bond motifs is 4. The number of hydrogen-bond donors (Lipinski definition) is 0. The van der Waals surface area contributed by atoms with Crippen molar-refractivity contribution in [1.29, 1.82) is 0 Å². The molecule has 0 saturated carbocycles. The van der Waals surface area contributed by atoms with Crippen molar-refractivity contribution in [2.24, 2.45) is 0 Å². The third kappa shape index (κ3) is 3.43. The Morgan fingerprint density at radius 3 is 2.14 bits per heavy atom. The first-order chi connectivity index (χ1) is 17.7. The number of furan rings is 1. The Bertz CT molecular complexity index is 1910. The highest BCUT2D eigenvalue weighted by molar-refractivity contribution is 6.35. The van der Waals surface area contributed by atoms with Crippen LogP contribution in [0.25, 0.3) is 66.9 Å². The second kappa shape index (κ2) is 8.29. The maximum atomic E-state index is 6.41. The molecule has 7 aromatic rings. The molecular formula is C31H18ClN3O. The zero-order valence-corrected chi connectivity index (χ0v) is 19.8. The molecule has 0 spiro atoms. The van der Waals surface area contributed by atoms with Gasteiger partial charge in [-0.2, -0.15) is 0 Å². The van der Waals surface area contributed by atoms with Gasteiger partial charge in [-0.15, -0.1) is 0 Å². The first kappa shape index (κ1) is 20.8. The molecule has 0 saturated heterocycles. The van der Waals surface area contributed by atoms with Crippen LogP contribution in [0.15, 0.2) is 114 Å². The van der Waals surface area contributed by atoms with Crippen LogP contribution >= 0.6 is 11.6 Å². The van der Waals surface area contributed by atoms with Crippen molar-refractivity contribution < 1.29 is 4.42 Å². The molecule has 0 fully saturated rings. The maximum absolute atomic E-state index is 6.41. The monoisotopic (exact) mass is 483 g/mol. The highest BCUT2D eigenvalue weighted by atomic mass is 35.5. The average Bonchev–Trinajstić information content (AvgIpc) is 3.32. The summed E-state index contributed by atoms with van der Waals surface area (Å²) in [6, 6.07) is 36.0. The van der Waals surface area contributed by atoms with E-state index in [1.165, 1.54) is 0 Å². The Kier molecular flexibility index (Phi) is 4.79. The summed E-state index contributed by atoms with van der Waals surface area (Å²) in [5.41, 5.74) is 4.37. The van der Waals surface area contributed by atoms with Crippen LogP contribution in [0.2, 0.25) is 5.02 Å². The van der Waals surface area contributed by atoms with E-state index in [9.17, 15) is 0 Å². The van der Waals surface area contributed by atoms with Crippen LogP contribution in [0.1, 0.15) is 0 Å². The smallest absolute Gasteiger partial charge is 0.164 e. The molecule has 7 rings (SSSR count). The van der Waals surface area contributed by atoms with E-state index in [2.05, 4.69) is 12.1 Å². The molecule has 0 bridgehead atoms. The number of para-hydroxylation sites is 1. The van der Waals surface area contributed by atoms with Gasteiger partial charge in [0, 0.05) is 37.9 Å². The first-order valence-electron chi connectivity index (χ1n) is 11.7. The highest BCUT2D eigenvalue weighted by Gasteiger charge is 2.17. The summed E-state index contributed by atoms with van der Waals surface area (Å²) in [5, 5.41) is 4.78. The maximum Gasteiger partial charge on any atom is 0.164 e. The standard InChI is InChI=1S/C31H18ClN3O/c32-25-13-6-10-20-18-21(16-17-22(20)25)30-33-29(19-8-2-1-3-9-19)34-31(35-30)24-12-7-15-27-28(24)23-11-4-5-14-26(23)36-27/h1-18H. The van der Waals surface area contributed by atoms with Crippen molar-refractivity contribution >= 4 is 44.3 Å². The lowest BCUT2D eigenvalue weighted by molar-refractivity contribution is 0.669. The van der Waals surface area contributed by atoms with Gasteiger partial charge >= 0.3 is 0 Å². The van der Waals surface area contributed by atoms with E-state index in [0.29, 0.717) is 17.5 Å². The molecule has 0 aliphatic carbocycles. The van der Waals surface area contributed by atoms with Crippen molar-refractivity contribution in [2.45, 2.75) is 0 Å². The topological polar surface area (TPSA) is 51.8 Å². The van der Waals surface area contributed by atoms with Crippen LogP contribution in [0.4, 0.5) is 0 Å². The number of nitrogens with zero attached hydrogens (tertiary/aromatic N) is 3. The predicted octanol–water partition coefficient (Wildman–Crippen LogP) is 8.58. The molecule has 4 nitrogen and oxygen atoms in total. The summed E-state index contributed by atoms with van der Waals surface area (Å²) in [6.45, 7) is 0. The van der Waals surface area contributed by atoms with Crippen LogP contribution in [0.5, 0.6) is 0 Å². The van der Waals surface area contributed by atoms with Crippen molar-refractivity contribution in [3.63, 3.8) is 0 Å². The molecule has 2 aromatic heterocycles. The second-order valence-corrected chi connectivity index (χ2v) is 9.03. The summed E-state index contributed by atoms with van der Waals surface area (Å²) < 4.78 is 6.12. The minimum absolute atomic E-state index is 0.599. The number of rotatable bonds is 3. The lowest BCUT2D eigenvalue weighted by Crippen LogP contribution is -2.00. The van der Waals surface area contributed by atoms with Gasteiger partial charge in [-0.25, -0.2) is 15.0 Å². The summed E-state index contributed by atoms with van der Waals surface area (Å²) in [7, 11) is 0. The Balaban J connectivity index is 1.50. The molecule has 5 heteroatoms. The number of hydrogen-bond acceptors (Lipinski definition) is 4. The van der Waals surface area contributed by atoms with Crippen LogP contribution in [-0.4, -0.2) is 15.0 Å². The fourth-order valence-electron chi connectivity index (χ4n) is 4.69. The van der Waals surface area contributed by atoms with Gasteiger partial charge in [0.15, 0.2) is 17.5 Å². The van der Waals surface area contributed by atoms with E-state index in [0.717, 1.165) is 54.4 Å². The van der Waals surface area contributed by atoms with Gasteiger partial charge in [-0.3, -0.25) is 0 Å². The molecule has 0 amide bonds. The Labute approximate surface area is 211 Å². The minimum Gasteiger partial charge on any atom is -0.456 e. The summed E-state index contributed by atoms with van der Waals surface area (Å²) in [4.78, 5) is 14.8. The third-order valence-electron chi connectivity index (χ3n) is 6.40. The Morgan fingerprint density at radius 1 is 0.528 bits per heavy atom. The Hall–Kier alpha value is -4.54. The van der Waals surface area contributed by atoms with Crippen molar-refractivity contribution in [1.82, 2.24) is 15.0 Å². The predicted molar refractivity (Wildman–Crippen MR) is 146 cm³/mol. The third-order valence-corrected chi connectivity index (χ3v) is 6.73. The van der Waals surface area contributed by atoms with Gasteiger partial charge in [0.05, 0.1) is 0 Å². The normalized spacial score (nSPS) is 11.5. The first-order valence-corrected chi connectivity index (χ1v) is 12.0. The molecule has 170 valence electrons. The molecule has 0 atom stereocenters. The summed E-state index contributed by atoms with van der Waals surface area (Å²) in [6.07, 6.45) is 0. The minimum atomic E-state index is 0.599. The second-order valence-electron chi connectivity index (χ2n) is 8.62. The number of halogens is 1. The zero-order chi connectivity index (χ0) is 24.1. The van der Waals surface area contributed by atoms with E-state index in [1.54, 1.807) is 0 Å². The molecule has 2 heterocycles. The molecule has 5 aromatic carbocycles. The van der Waals surface area contributed by atoms with Gasteiger partial charge in [0.1, 0.15) is 11.2 Å². The molecule has 0 N–H and O–H groups in total. The van der Waals surface area contributed by atoms with E-state index in [4.69, 9.17) is 31.0 Å². The van der Waals surface area contributed by atoms with Gasteiger partial charge in [-0.1, -0.05) is 96.5 Å². The fraction of sp³-hybridized carbons (Fsp3) is 0. The summed E-state index contributed by atoms with van der Waals surface area (Å²) >= 11 is 6.41. The highest BCUT2D eigenvalue weighted by Crippen LogP contribution is 2.36. The average molecular weight is 484 g/mol. The van der Waals surface area contributed by atoms with Crippen LogP contribution in [0.3, 0.4) is 0 Å². The van der Waals surface area contributed by atoms with E-state index in [1.807, 2.05) is 97.1 Å². The molecule has 0 radical (unpaired) electrons. The summed E-state index contributed by atoms with van der Waals surface area (Å²) in [5.74, 6) is 1.82. The zero-order valence-electron chi connectivity index (χ0n) is 19.0. The van der Waals surface area contributed by atoms with Gasteiger partial charge < -0.3 is 4.42 Å². The quantitative estimate of drug-likeness (QED) is 0.252. The van der Waals surface area contributed by atoms with E-state index >= 15 is 0 Å². The van der Waals surface area contributed by atoms with Crippen molar-refractivity contribution in [3.05, 3.63) is 114 Å². The largest absolute Gasteiger partial charge is 0.456 e. The SMILES string of the molecule is Clc1cccc2cc(-c3nc(-c4ccccc4)nc(-c4cccc5oc6ccccc6c45)n3)ccc12. The fourth-order valence-corrected chi connectivity index (χ4v) is 4.93. The molecule has 36 heavy (non-hydrogen) atoms. The molecule has 0 unspecified atom stereocenters. The molecule has 0 aliphatic heterocycles. The number of benzene rings is 5. The van der Waals surface area contributed by atoms with Gasteiger partial charge in [0.2, 0.25) is 0 Å². The van der Waals surface area contributed by atoms with Crippen molar-refractivity contribution in [2.75, 3.05) is 0 Å². The van der Waals surface area contributed by atoms with Gasteiger partial charge in [0.25, 0.3) is 0 Å². The van der Waals surface area contributed by atoms with Crippen LogP contribution < -0.4 is 0 Å². The molecular weight excluding hydrogens is 466 g/mol. The van der Waals surface area contributed by atoms with Crippen LogP contribution in [0, 0.1) is 0 Å². The Morgan fingerprint density at radius 2 is 1.25 bits per heavy atom. The molecule has 0 aliphatic rings. The van der Waals surface area contributed by atoms with Crippen molar-refractivity contribution in [3.8, 4) is 34.2 Å². The lowest BCUT2D eigenvalue weighted by atomic mass is 10.0. The van der Waals surface area contributed by atoms with E-state index in [-0.39, 0.29) is 0 Å².